The summed E-state index contributed by atoms with van der Waals surface area (Å²) in [6.45, 7) is 8.36. The molecule has 0 aromatic rings. The molecule has 0 spiro atoms. The minimum atomic E-state index is -0.856. The number of amides is 1. The molecule has 0 N–H and O–H groups in total. The molecule has 7 nitrogen and oxygen atoms in total. The molecule has 0 aromatic carbocycles. The molecule has 7 heteroatoms. The van der Waals surface area contributed by atoms with Gasteiger partial charge in [-0.3, -0.25) is 14.4 Å². The quantitative estimate of drug-likeness (QED) is 0.562. The van der Waals surface area contributed by atoms with E-state index in [4.69, 9.17) is 9.47 Å². The second kappa shape index (κ2) is 8.18. The van der Waals surface area contributed by atoms with Crippen LogP contribution in [-0.4, -0.2) is 53.8 Å². The number of esters is 1. The molecule has 0 bridgehead atoms. The Kier molecular flexibility index (Phi) is 6.42. The number of carbonyl (C=O) groups is 4. The standard InChI is InChI=1S/C19H29NO6/c1-5-25-17(23)16-14(10-13(21)11-15(16)22)12-6-8-20(9-7-12)18(24)26-19(2,3)4/h12,14,16H,5-11H2,1-4H3. The summed E-state index contributed by atoms with van der Waals surface area (Å²) in [5.74, 6) is -2.12. The van der Waals surface area contributed by atoms with E-state index in [1.807, 2.05) is 20.8 Å². The minimum Gasteiger partial charge on any atom is -0.465 e. The van der Waals surface area contributed by atoms with Gasteiger partial charge in [-0.1, -0.05) is 0 Å². The van der Waals surface area contributed by atoms with Crippen LogP contribution in [0.2, 0.25) is 0 Å². The Morgan fingerprint density at radius 2 is 1.77 bits per heavy atom. The van der Waals surface area contributed by atoms with Crippen molar-refractivity contribution < 1.29 is 28.7 Å². The maximum atomic E-state index is 12.3. The van der Waals surface area contributed by atoms with E-state index < -0.39 is 17.5 Å². The van der Waals surface area contributed by atoms with E-state index in [0.717, 1.165) is 0 Å². The van der Waals surface area contributed by atoms with Gasteiger partial charge in [0.1, 0.15) is 17.3 Å². The van der Waals surface area contributed by atoms with Crippen molar-refractivity contribution in [3.8, 4) is 0 Å². The predicted octanol–water partition coefficient (Wildman–Crippen LogP) is 2.36. The normalized spacial score (nSPS) is 25.2. The third-order valence-electron chi connectivity index (χ3n) is 4.95. The molecule has 2 unspecified atom stereocenters. The molecule has 1 saturated heterocycles. The summed E-state index contributed by atoms with van der Waals surface area (Å²) in [5.41, 5.74) is -0.550. The van der Waals surface area contributed by atoms with Gasteiger partial charge in [0.15, 0.2) is 5.78 Å². The van der Waals surface area contributed by atoms with Gasteiger partial charge in [-0.05, 0) is 52.4 Å². The monoisotopic (exact) mass is 367 g/mol. The van der Waals surface area contributed by atoms with Crippen LogP contribution in [0.4, 0.5) is 4.79 Å². The largest absolute Gasteiger partial charge is 0.465 e. The number of nitrogens with zero attached hydrogens (tertiary/aromatic N) is 1. The molecule has 2 atom stereocenters. The first-order valence-corrected chi connectivity index (χ1v) is 9.31. The van der Waals surface area contributed by atoms with Crippen molar-refractivity contribution in [2.75, 3.05) is 19.7 Å². The van der Waals surface area contributed by atoms with Crippen molar-refractivity contribution in [1.82, 2.24) is 4.90 Å². The summed E-state index contributed by atoms with van der Waals surface area (Å²) in [6, 6.07) is 0. The number of hydrogen-bond acceptors (Lipinski definition) is 6. The predicted molar refractivity (Wildman–Crippen MR) is 93.4 cm³/mol. The van der Waals surface area contributed by atoms with Crippen molar-refractivity contribution in [1.29, 1.82) is 0 Å². The molecule has 2 rings (SSSR count). The Labute approximate surface area is 154 Å². The van der Waals surface area contributed by atoms with E-state index in [-0.39, 0.29) is 48.9 Å². The molecule has 2 fully saturated rings. The van der Waals surface area contributed by atoms with Crippen LogP contribution < -0.4 is 0 Å². The fraction of sp³-hybridized carbons (Fsp3) is 0.789. The van der Waals surface area contributed by atoms with Gasteiger partial charge in [-0.25, -0.2) is 4.79 Å². The fourth-order valence-corrected chi connectivity index (χ4v) is 3.81. The number of Topliss-reactive ketones (excluding diaryl/α,β-unsaturated/α-hetero) is 2. The van der Waals surface area contributed by atoms with E-state index >= 15 is 0 Å². The van der Waals surface area contributed by atoms with Crippen molar-refractivity contribution in [3.63, 3.8) is 0 Å². The topological polar surface area (TPSA) is 90.0 Å². The van der Waals surface area contributed by atoms with Crippen LogP contribution in [0.3, 0.4) is 0 Å². The van der Waals surface area contributed by atoms with Crippen LogP contribution in [0.1, 0.15) is 53.4 Å². The number of likely N-dealkylation sites (tertiary alicyclic amines) is 1. The van der Waals surface area contributed by atoms with E-state index in [2.05, 4.69) is 0 Å². The number of rotatable bonds is 3. The molecule has 26 heavy (non-hydrogen) atoms. The lowest BCUT2D eigenvalue weighted by atomic mass is 9.68. The zero-order valence-electron chi connectivity index (χ0n) is 16.1. The molecule has 2 aliphatic rings. The van der Waals surface area contributed by atoms with Crippen molar-refractivity contribution >= 4 is 23.6 Å². The van der Waals surface area contributed by atoms with Gasteiger partial charge < -0.3 is 14.4 Å². The summed E-state index contributed by atoms with van der Waals surface area (Å²) in [6.07, 6.45) is 0.970. The molecule has 146 valence electrons. The molecule has 1 heterocycles. The summed E-state index contributed by atoms with van der Waals surface area (Å²) in [5, 5.41) is 0. The molecule has 1 amide bonds. The van der Waals surface area contributed by atoms with E-state index in [9.17, 15) is 19.2 Å². The second-order valence-electron chi connectivity index (χ2n) is 8.08. The molecular formula is C19H29NO6. The Balaban J connectivity index is 2.03. The van der Waals surface area contributed by atoms with Crippen molar-refractivity contribution in [3.05, 3.63) is 0 Å². The third-order valence-corrected chi connectivity index (χ3v) is 4.95. The summed E-state index contributed by atoms with van der Waals surface area (Å²) in [4.78, 5) is 50.3. The van der Waals surface area contributed by atoms with Gasteiger partial charge in [0.2, 0.25) is 0 Å². The van der Waals surface area contributed by atoms with Crippen LogP contribution in [0.15, 0.2) is 0 Å². The number of hydrogen-bond donors (Lipinski definition) is 0. The van der Waals surface area contributed by atoms with E-state index in [1.165, 1.54) is 0 Å². The van der Waals surface area contributed by atoms with Gasteiger partial charge in [0.25, 0.3) is 0 Å². The Bertz CT molecular complexity index is 571. The van der Waals surface area contributed by atoms with Crippen LogP contribution in [0.5, 0.6) is 0 Å². The van der Waals surface area contributed by atoms with Gasteiger partial charge >= 0.3 is 12.1 Å². The molecule has 1 aliphatic carbocycles. The van der Waals surface area contributed by atoms with Crippen molar-refractivity contribution in [2.45, 2.75) is 59.0 Å². The van der Waals surface area contributed by atoms with Crippen molar-refractivity contribution in [2.24, 2.45) is 17.8 Å². The van der Waals surface area contributed by atoms with Gasteiger partial charge in [-0.2, -0.15) is 0 Å². The highest BCUT2D eigenvalue weighted by molar-refractivity contribution is 6.10. The molecular weight excluding hydrogens is 338 g/mol. The lowest BCUT2D eigenvalue weighted by molar-refractivity contribution is -0.158. The molecule has 0 radical (unpaired) electrons. The lowest BCUT2D eigenvalue weighted by Crippen LogP contribution is -2.47. The number of carbonyl (C=O) groups excluding carboxylic acids is 4. The lowest BCUT2D eigenvalue weighted by Gasteiger charge is -2.39. The zero-order chi connectivity index (χ0) is 19.5. The van der Waals surface area contributed by atoms with Gasteiger partial charge in [-0.15, -0.1) is 0 Å². The maximum Gasteiger partial charge on any atom is 0.410 e. The molecule has 1 saturated carbocycles. The van der Waals surface area contributed by atoms with E-state index in [0.29, 0.717) is 25.9 Å². The molecule has 1 aliphatic heterocycles. The second-order valence-corrected chi connectivity index (χ2v) is 8.08. The average Bonchev–Trinajstić information content (AvgIpc) is 2.52. The first-order valence-electron chi connectivity index (χ1n) is 9.31. The highest BCUT2D eigenvalue weighted by atomic mass is 16.6. The smallest absolute Gasteiger partial charge is 0.410 e. The first-order chi connectivity index (χ1) is 12.1. The fourth-order valence-electron chi connectivity index (χ4n) is 3.81. The summed E-state index contributed by atoms with van der Waals surface area (Å²) >= 11 is 0. The Morgan fingerprint density at radius 3 is 2.31 bits per heavy atom. The average molecular weight is 367 g/mol. The minimum absolute atomic E-state index is 0.0382. The number of ketones is 2. The maximum absolute atomic E-state index is 12.3. The van der Waals surface area contributed by atoms with Gasteiger partial charge in [0, 0.05) is 19.5 Å². The highest BCUT2D eigenvalue weighted by Gasteiger charge is 2.46. The van der Waals surface area contributed by atoms with Crippen LogP contribution in [0.25, 0.3) is 0 Å². The van der Waals surface area contributed by atoms with Crippen LogP contribution in [-0.2, 0) is 23.9 Å². The zero-order valence-corrected chi connectivity index (χ0v) is 16.1. The molecule has 0 aromatic heterocycles. The summed E-state index contributed by atoms with van der Waals surface area (Å²) < 4.78 is 10.5. The van der Waals surface area contributed by atoms with E-state index in [1.54, 1.807) is 11.8 Å². The Hall–Kier alpha value is -1.92. The van der Waals surface area contributed by atoms with Crippen LogP contribution in [0, 0.1) is 17.8 Å². The first kappa shape index (κ1) is 20.4. The summed E-state index contributed by atoms with van der Waals surface area (Å²) in [7, 11) is 0. The number of ether oxygens (including phenoxy) is 2. The Morgan fingerprint density at radius 1 is 1.15 bits per heavy atom. The third kappa shape index (κ3) is 5.05. The van der Waals surface area contributed by atoms with Gasteiger partial charge in [0.05, 0.1) is 13.0 Å². The highest BCUT2D eigenvalue weighted by Crippen LogP contribution is 2.38. The SMILES string of the molecule is CCOC(=O)C1C(=O)CC(=O)CC1C1CCN(C(=O)OC(C)(C)C)CC1. The van der Waals surface area contributed by atoms with Crippen LogP contribution >= 0.6 is 0 Å². The number of piperidine rings is 1.